The molecule has 0 bridgehead atoms. The Bertz CT molecular complexity index is 926. The highest BCUT2D eigenvalue weighted by atomic mass is 16.5. The maximum absolute atomic E-state index is 12.0. The van der Waals surface area contributed by atoms with Gasteiger partial charge in [0.1, 0.15) is 5.69 Å². The molecule has 0 fully saturated rings. The number of nitrogens with one attached hydrogen (secondary N) is 2. The van der Waals surface area contributed by atoms with Gasteiger partial charge < -0.3 is 9.15 Å². The van der Waals surface area contributed by atoms with Gasteiger partial charge in [-0.05, 0) is 25.1 Å². The minimum Gasteiger partial charge on any atom is -0.459 e. The quantitative estimate of drug-likeness (QED) is 0.679. The van der Waals surface area contributed by atoms with Crippen LogP contribution in [0.3, 0.4) is 0 Å². The topological polar surface area (TPSA) is 114 Å². The van der Waals surface area contributed by atoms with Crippen LogP contribution in [-0.4, -0.2) is 34.6 Å². The Morgan fingerprint density at radius 1 is 1.19 bits per heavy atom. The van der Waals surface area contributed by atoms with Crippen LogP contribution >= 0.6 is 0 Å². The second kappa shape index (κ2) is 7.47. The third kappa shape index (κ3) is 4.04. The van der Waals surface area contributed by atoms with E-state index in [1.807, 2.05) is 31.2 Å². The molecule has 0 radical (unpaired) electrons. The number of ether oxygens (including phenoxy) is 1. The van der Waals surface area contributed by atoms with Crippen LogP contribution in [0.1, 0.15) is 26.6 Å². The van der Waals surface area contributed by atoms with E-state index in [4.69, 9.17) is 9.15 Å². The number of nitrogens with zero attached hydrogens (tertiary/aromatic N) is 1. The number of benzene rings is 1. The fourth-order valence-electron chi connectivity index (χ4n) is 2.14. The number of aryl methyl sites for hydroxylation is 1. The summed E-state index contributed by atoms with van der Waals surface area (Å²) in [5.74, 6) is -2.24. The molecule has 0 unspecified atom stereocenters. The summed E-state index contributed by atoms with van der Waals surface area (Å²) >= 11 is 0. The number of imide groups is 1. The standard InChI is InChI=1S/C18H15N3O5/c1-11-4-6-12(7-5-11)13-9-14(21-20-13)18(24)26-10-16(22)19-17(23)15-3-2-8-25-15/h2-9H,10H2,1H3,(H,20,21)(H,19,22,23). The second-order valence-corrected chi connectivity index (χ2v) is 5.46. The Morgan fingerprint density at radius 2 is 1.96 bits per heavy atom. The molecule has 0 spiro atoms. The fraction of sp³-hybridized carbons (Fsp3) is 0.111. The second-order valence-electron chi connectivity index (χ2n) is 5.46. The third-order valence-corrected chi connectivity index (χ3v) is 3.48. The number of aromatic nitrogens is 2. The SMILES string of the molecule is Cc1ccc(-c2cc(C(=O)OCC(=O)NC(=O)c3ccco3)[nH]n2)cc1. The first-order valence-electron chi connectivity index (χ1n) is 7.70. The number of carbonyl (C=O) groups excluding carboxylic acids is 3. The summed E-state index contributed by atoms with van der Waals surface area (Å²) in [6, 6.07) is 12.1. The van der Waals surface area contributed by atoms with Crippen molar-refractivity contribution in [2.45, 2.75) is 6.92 Å². The van der Waals surface area contributed by atoms with Gasteiger partial charge in [0.05, 0.1) is 12.0 Å². The summed E-state index contributed by atoms with van der Waals surface area (Å²) in [5.41, 5.74) is 2.63. The molecule has 2 heterocycles. The van der Waals surface area contributed by atoms with Crippen molar-refractivity contribution in [3.05, 3.63) is 65.7 Å². The van der Waals surface area contributed by atoms with Gasteiger partial charge in [0.2, 0.25) is 0 Å². The lowest BCUT2D eigenvalue weighted by molar-refractivity contribution is -0.123. The predicted molar refractivity (Wildman–Crippen MR) is 90.2 cm³/mol. The minimum absolute atomic E-state index is 0.0130. The van der Waals surface area contributed by atoms with Crippen molar-refractivity contribution < 1.29 is 23.5 Å². The molecule has 0 atom stereocenters. The number of furan rings is 1. The smallest absolute Gasteiger partial charge is 0.356 e. The van der Waals surface area contributed by atoms with Crippen molar-refractivity contribution in [1.82, 2.24) is 15.5 Å². The number of H-pyrrole nitrogens is 1. The largest absolute Gasteiger partial charge is 0.459 e. The van der Waals surface area contributed by atoms with Crippen LogP contribution in [0.4, 0.5) is 0 Å². The molecule has 0 aliphatic heterocycles. The first-order valence-corrected chi connectivity index (χ1v) is 7.70. The average Bonchev–Trinajstić information content (AvgIpc) is 3.32. The number of rotatable bonds is 5. The summed E-state index contributed by atoms with van der Waals surface area (Å²) in [5, 5.41) is 8.67. The molecule has 8 nitrogen and oxygen atoms in total. The molecule has 3 aromatic rings. The van der Waals surface area contributed by atoms with E-state index in [1.54, 1.807) is 0 Å². The summed E-state index contributed by atoms with van der Waals surface area (Å²) in [6.07, 6.45) is 1.31. The van der Waals surface area contributed by atoms with Gasteiger partial charge in [0.25, 0.3) is 11.8 Å². The van der Waals surface area contributed by atoms with E-state index >= 15 is 0 Å². The van der Waals surface area contributed by atoms with Crippen molar-refractivity contribution in [3.8, 4) is 11.3 Å². The van der Waals surface area contributed by atoms with Crippen LogP contribution in [0.25, 0.3) is 11.3 Å². The summed E-state index contributed by atoms with van der Waals surface area (Å²) in [4.78, 5) is 35.3. The summed E-state index contributed by atoms with van der Waals surface area (Å²) in [6.45, 7) is 1.36. The molecule has 1 aromatic carbocycles. The fourth-order valence-corrected chi connectivity index (χ4v) is 2.14. The van der Waals surface area contributed by atoms with Crippen LogP contribution in [0, 0.1) is 6.92 Å². The lowest BCUT2D eigenvalue weighted by Crippen LogP contribution is -2.34. The third-order valence-electron chi connectivity index (χ3n) is 3.48. The van der Waals surface area contributed by atoms with E-state index in [0.29, 0.717) is 5.69 Å². The van der Waals surface area contributed by atoms with Crippen molar-refractivity contribution in [2.75, 3.05) is 6.61 Å². The van der Waals surface area contributed by atoms with Crippen LogP contribution in [0.2, 0.25) is 0 Å². The number of esters is 1. The Kier molecular flexibility index (Phi) is 4.93. The van der Waals surface area contributed by atoms with Crippen molar-refractivity contribution in [3.63, 3.8) is 0 Å². The Hall–Kier alpha value is -3.68. The first kappa shape index (κ1) is 17.2. The summed E-state index contributed by atoms with van der Waals surface area (Å²) in [7, 11) is 0. The van der Waals surface area contributed by atoms with E-state index in [1.165, 1.54) is 24.5 Å². The van der Waals surface area contributed by atoms with Crippen molar-refractivity contribution >= 4 is 17.8 Å². The average molecular weight is 353 g/mol. The summed E-state index contributed by atoms with van der Waals surface area (Å²) < 4.78 is 9.73. The molecule has 2 N–H and O–H groups in total. The van der Waals surface area contributed by atoms with Gasteiger partial charge in [-0.1, -0.05) is 29.8 Å². The molecule has 0 saturated carbocycles. The molecule has 26 heavy (non-hydrogen) atoms. The van der Waals surface area contributed by atoms with E-state index < -0.39 is 24.4 Å². The lowest BCUT2D eigenvalue weighted by atomic mass is 10.1. The Balaban J connectivity index is 1.54. The Morgan fingerprint density at radius 3 is 2.65 bits per heavy atom. The maximum atomic E-state index is 12.0. The zero-order valence-corrected chi connectivity index (χ0v) is 13.8. The van der Waals surface area contributed by atoms with Crippen LogP contribution in [0.5, 0.6) is 0 Å². The number of carbonyl (C=O) groups is 3. The maximum Gasteiger partial charge on any atom is 0.356 e. The molecular formula is C18H15N3O5. The zero-order chi connectivity index (χ0) is 18.5. The van der Waals surface area contributed by atoms with Gasteiger partial charge in [-0.25, -0.2) is 4.79 Å². The van der Waals surface area contributed by atoms with Crippen LogP contribution < -0.4 is 5.32 Å². The van der Waals surface area contributed by atoms with E-state index in [2.05, 4.69) is 15.5 Å². The minimum atomic E-state index is -0.766. The van der Waals surface area contributed by atoms with Crippen molar-refractivity contribution in [1.29, 1.82) is 0 Å². The zero-order valence-electron chi connectivity index (χ0n) is 13.8. The highest BCUT2D eigenvalue weighted by Gasteiger charge is 2.17. The molecule has 2 amide bonds. The molecular weight excluding hydrogens is 338 g/mol. The molecule has 3 rings (SSSR count). The van der Waals surface area contributed by atoms with Gasteiger partial charge in [-0.15, -0.1) is 0 Å². The van der Waals surface area contributed by atoms with E-state index in [-0.39, 0.29) is 11.5 Å². The number of hydrogen-bond donors (Lipinski definition) is 2. The molecule has 0 aliphatic carbocycles. The normalized spacial score (nSPS) is 10.3. The molecule has 0 saturated heterocycles. The predicted octanol–water partition coefficient (Wildman–Crippen LogP) is 2.09. The molecule has 132 valence electrons. The van der Waals surface area contributed by atoms with Crippen LogP contribution in [0.15, 0.2) is 53.1 Å². The van der Waals surface area contributed by atoms with Crippen molar-refractivity contribution in [2.24, 2.45) is 0 Å². The Labute approximate surface area is 148 Å². The van der Waals surface area contributed by atoms with Gasteiger partial charge in [-0.3, -0.25) is 20.0 Å². The highest BCUT2D eigenvalue weighted by Crippen LogP contribution is 2.18. The number of aromatic amines is 1. The highest BCUT2D eigenvalue weighted by molar-refractivity contribution is 6.04. The van der Waals surface area contributed by atoms with E-state index in [9.17, 15) is 14.4 Å². The number of amides is 2. The van der Waals surface area contributed by atoms with Gasteiger partial charge in [0, 0.05) is 5.56 Å². The molecule has 0 aliphatic rings. The monoisotopic (exact) mass is 353 g/mol. The van der Waals surface area contributed by atoms with Gasteiger partial charge >= 0.3 is 5.97 Å². The first-order chi connectivity index (χ1) is 12.5. The van der Waals surface area contributed by atoms with Gasteiger partial charge in [0.15, 0.2) is 12.4 Å². The lowest BCUT2D eigenvalue weighted by Gasteiger charge is -2.03. The molecule has 8 heteroatoms. The van der Waals surface area contributed by atoms with E-state index in [0.717, 1.165) is 11.1 Å². The number of hydrogen-bond acceptors (Lipinski definition) is 6. The van der Waals surface area contributed by atoms with Crippen LogP contribution in [-0.2, 0) is 9.53 Å². The molecule has 2 aromatic heterocycles. The van der Waals surface area contributed by atoms with Gasteiger partial charge in [-0.2, -0.15) is 5.10 Å².